The molecule has 1 saturated carbocycles. The van der Waals surface area contributed by atoms with Crippen molar-refractivity contribution in [3.05, 3.63) is 29.8 Å². The minimum absolute atomic E-state index is 0.0952. The molecule has 2 rings (SSSR count). The molecule has 0 unspecified atom stereocenters. The van der Waals surface area contributed by atoms with E-state index in [1.807, 2.05) is 12.1 Å². The monoisotopic (exact) mass is 288 g/mol. The molecule has 116 valence electrons. The van der Waals surface area contributed by atoms with Gasteiger partial charge in [0.25, 0.3) is 0 Å². The summed E-state index contributed by atoms with van der Waals surface area (Å²) in [7, 11) is 0. The van der Waals surface area contributed by atoms with Crippen LogP contribution < -0.4 is 11.1 Å². The number of carbonyl (C=O) groups excluding carboxylic acids is 1. The molecular weight excluding hydrogens is 260 g/mol. The predicted molar refractivity (Wildman–Crippen MR) is 88.3 cm³/mol. The molecule has 0 bridgehead atoms. The largest absolute Gasteiger partial charge is 0.329 e. The zero-order valence-corrected chi connectivity index (χ0v) is 13.5. The number of nitrogens with one attached hydrogen (secondary N) is 1. The van der Waals surface area contributed by atoms with Gasteiger partial charge in [0.05, 0.1) is 5.41 Å². The van der Waals surface area contributed by atoms with Crippen LogP contribution in [0.5, 0.6) is 0 Å². The summed E-state index contributed by atoms with van der Waals surface area (Å²) in [6.45, 7) is 7.01. The van der Waals surface area contributed by atoms with Crippen LogP contribution in [0.15, 0.2) is 24.3 Å². The van der Waals surface area contributed by atoms with Gasteiger partial charge in [-0.2, -0.15) is 0 Å². The highest BCUT2D eigenvalue weighted by Gasteiger charge is 2.39. The number of nitrogens with two attached hydrogens (primary N) is 1. The van der Waals surface area contributed by atoms with E-state index >= 15 is 0 Å². The lowest BCUT2D eigenvalue weighted by Gasteiger charge is -2.37. The summed E-state index contributed by atoms with van der Waals surface area (Å²) in [6, 6.07) is 8.13. The second-order valence-electron chi connectivity index (χ2n) is 6.90. The first kappa shape index (κ1) is 16.0. The second-order valence-corrected chi connectivity index (χ2v) is 6.90. The molecule has 0 aliphatic heterocycles. The normalized spacial score (nSPS) is 25.9. The Kier molecular flexibility index (Phi) is 5.04. The quantitative estimate of drug-likeness (QED) is 0.882. The van der Waals surface area contributed by atoms with E-state index in [9.17, 15) is 4.79 Å². The van der Waals surface area contributed by atoms with E-state index in [4.69, 9.17) is 5.73 Å². The van der Waals surface area contributed by atoms with Gasteiger partial charge in [0.2, 0.25) is 5.91 Å². The van der Waals surface area contributed by atoms with E-state index in [-0.39, 0.29) is 11.3 Å². The molecule has 0 radical (unpaired) electrons. The lowest BCUT2D eigenvalue weighted by Crippen LogP contribution is -2.44. The average Bonchev–Trinajstić information content (AvgIpc) is 2.48. The van der Waals surface area contributed by atoms with Crippen molar-refractivity contribution in [3.8, 4) is 0 Å². The lowest BCUT2D eigenvalue weighted by molar-refractivity contribution is -0.127. The first-order valence-electron chi connectivity index (χ1n) is 8.08. The van der Waals surface area contributed by atoms with Gasteiger partial charge in [0.15, 0.2) is 0 Å². The van der Waals surface area contributed by atoms with Gasteiger partial charge in [0, 0.05) is 12.2 Å². The van der Waals surface area contributed by atoms with Crippen molar-refractivity contribution in [2.45, 2.75) is 52.4 Å². The number of rotatable bonds is 4. The topological polar surface area (TPSA) is 55.1 Å². The van der Waals surface area contributed by atoms with Crippen molar-refractivity contribution in [2.24, 2.45) is 17.1 Å². The fourth-order valence-corrected chi connectivity index (χ4v) is 3.08. The number of hydrogen-bond acceptors (Lipinski definition) is 2. The van der Waals surface area contributed by atoms with Crippen LogP contribution in [0.3, 0.4) is 0 Å². The molecule has 0 heterocycles. The highest BCUT2D eigenvalue weighted by Crippen LogP contribution is 2.39. The van der Waals surface area contributed by atoms with Crippen LogP contribution in [-0.2, 0) is 4.79 Å². The van der Waals surface area contributed by atoms with Crippen LogP contribution in [0.4, 0.5) is 5.69 Å². The van der Waals surface area contributed by atoms with Crippen molar-refractivity contribution in [1.82, 2.24) is 0 Å². The Bertz CT molecular complexity index is 488. The first-order valence-corrected chi connectivity index (χ1v) is 8.08. The minimum atomic E-state index is -0.375. The summed E-state index contributed by atoms with van der Waals surface area (Å²) in [5, 5.41) is 3.09. The number of anilines is 1. The lowest BCUT2D eigenvalue weighted by atomic mass is 9.70. The molecule has 3 N–H and O–H groups in total. The van der Waals surface area contributed by atoms with E-state index < -0.39 is 0 Å². The molecule has 1 aliphatic carbocycles. The van der Waals surface area contributed by atoms with Gasteiger partial charge >= 0.3 is 0 Å². The third kappa shape index (κ3) is 3.65. The highest BCUT2D eigenvalue weighted by molar-refractivity contribution is 5.95. The maximum Gasteiger partial charge on any atom is 0.231 e. The number of hydrogen-bond donors (Lipinski definition) is 2. The molecule has 1 aromatic rings. The zero-order chi connectivity index (χ0) is 15.5. The van der Waals surface area contributed by atoms with Gasteiger partial charge in [-0.05, 0) is 55.2 Å². The molecule has 21 heavy (non-hydrogen) atoms. The molecule has 1 amide bonds. The van der Waals surface area contributed by atoms with Gasteiger partial charge in [-0.3, -0.25) is 4.79 Å². The van der Waals surface area contributed by atoms with E-state index in [0.29, 0.717) is 18.4 Å². The zero-order valence-electron chi connectivity index (χ0n) is 13.5. The molecular formula is C18H28N2O. The van der Waals surface area contributed by atoms with Crippen LogP contribution in [-0.4, -0.2) is 12.5 Å². The van der Waals surface area contributed by atoms with Crippen LogP contribution >= 0.6 is 0 Å². The van der Waals surface area contributed by atoms with Crippen LogP contribution in [0.1, 0.15) is 57.9 Å². The summed E-state index contributed by atoms with van der Waals surface area (Å²) >= 11 is 0. The molecule has 1 aliphatic rings. The van der Waals surface area contributed by atoms with E-state index in [0.717, 1.165) is 31.4 Å². The number of benzene rings is 1. The van der Waals surface area contributed by atoms with Crippen molar-refractivity contribution < 1.29 is 4.79 Å². The fraction of sp³-hybridized carbons (Fsp3) is 0.611. The van der Waals surface area contributed by atoms with Gasteiger partial charge in [-0.15, -0.1) is 0 Å². The average molecular weight is 288 g/mol. The van der Waals surface area contributed by atoms with Gasteiger partial charge in [-0.1, -0.05) is 32.9 Å². The van der Waals surface area contributed by atoms with Crippen molar-refractivity contribution in [3.63, 3.8) is 0 Å². The van der Waals surface area contributed by atoms with E-state index in [1.165, 1.54) is 5.56 Å². The van der Waals surface area contributed by atoms with E-state index in [2.05, 4.69) is 38.2 Å². The smallest absolute Gasteiger partial charge is 0.231 e. The Labute approximate surface area is 128 Å². The predicted octanol–water partition coefficient (Wildman–Crippen LogP) is 3.90. The standard InChI is InChI=1S/C18H28N2O/c1-13(2)15-5-4-6-16(11-15)20-17(21)18(12-19)9-7-14(3)8-10-18/h4-6,11,13-14H,7-10,12,19H2,1-3H3,(H,20,21). The highest BCUT2D eigenvalue weighted by atomic mass is 16.2. The minimum Gasteiger partial charge on any atom is -0.329 e. The summed E-state index contributed by atoms with van der Waals surface area (Å²) in [5.74, 6) is 1.26. The van der Waals surface area contributed by atoms with E-state index in [1.54, 1.807) is 0 Å². The summed E-state index contributed by atoms with van der Waals surface area (Å²) in [6.07, 6.45) is 3.99. The second kappa shape index (κ2) is 6.61. The Balaban J connectivity index is 2.11. The Morgan fingerprint density at radius 2 is 2.05 bits per heavy atom. The SMILES string of the molecule is CC1CCC(CN)(C(=O)Nc2cccc(C(C)C)c2)CC1. The molecule has 1 aromatic carbocycles. The molecule has 1 fully saturated rings. The van der Waals surface area contributed by atoms with Gasteiger partial charge in [-0.25, -0.2) is 0 Å². The fourth-order valence-electron chi connectivity index (χ4n) is 3.08. The summed E-state index contributed by atoms with van der Waals surface area (Å²) in [5.41, 5.74) is 7.71. The third-order valence-corrected chi connectivity index (χ3v) is 4.91. The number of amides is 1. The Hall–Kier alpha value is -1.35. The van der Waals surface area contributed by atoms with Crippen molar-refractivity contribution >= 4 is 11.6 Å². The summed E-state index contributed by atoms with van der Waals surface area (Å²) in [4.78, 5) is 12.7. The molecule has 0 aromatic heterocycles. The first-order chi connectivity index (χ1) is 9.97. The maximum atomic E-state index is 12.7. The Morgan fingerprint density at radius 3 is 2.62 bits per heavy atom. The van der Waals surface area contributed by atoms with Gasteiger partial charge < -0.3 is 11.1 Å². The third-order valence-electron chi connectivity index (χ3n) is 4.91. The van der Waals surface area contributed by atoms with Gasteiger partial charge in [0.1, 0.15) is 0 Å². The molecule has 3 nitrogen and oxygen atoms in total. The van der Waals surface area contributed by atoms with Crippen LogP contribution in [0.25, 0.3) is 0 Å². The van der Waals surface area contributed by atoms with Crippen LogP contribution in [0, 0.1) is 11.3 Å². The van der Waals surface area contributed by atoms with Crippen LogP contribution in [0.2, 0.25) is 0 Å². The maximum absolute atomic E-state index is 12.7. The molecule has 0 saturated heterocycles. The Morgan fingerprint density at radius 1 is 1.38 bits per heavy atom. The van der Waals surface area contributed by atoms with Crippen molar-refractivity contribution in [2.75, 3.05) is 11.9 Å². The molecule has 0 spiro atoms. The van der Waals surface area contributed by atoms with Crippen molar-refractivity contribution in [1.29, 1.82) is 0 Å². The summed E-state index contributed by atoms with van der Waals surface area (Å²) < 4.78 is 0. The number of carbonyl (C=O) groups is 1. The molecule has 0 atom stereocenters. The molecule has 3 heteroatoms.